The molecule has 4 aromatic heterocycles. The highest BCUT2D eigenvalue weighted by Gasteiger charge is 2.22. The minimum absolute atomic E-state index is 0.0182. The highest BCUT2D eigenvalue weighted by Crippen LogP contribution is 2.41. The molecule has 0 saturated carbocycles. The lowest BCUT2D eigenvalue weighted by molar-refractivity contribution is 0.669. The first-order valence-electron chi connectivity index (χ1n) is 25.7. The zero-order chi connectivity index (χ0) is 51.7. The van der Waals surface area contributed by atoms with Crippen molar-refractivity contribution in [3.8, 4) is 39.9 Å². The Bertz CT molecular complexity index is 4330. The second kappa shape index (κ2) is 10.7. The fourth-order valence-corrected chi connectivity index (χ4v) is 6.20. The van der Waals surface area contributed by atoms with Crippen molar-refractivity contribution >= 4 is 65.7 Å². The average molecular weight is 676 g/mol. The van der Waals surface area contributed by atoms with E-state index in [-0.39, 0.29) is 43.5 Å². The number of furan rings is 2. The molecule has 0 unspecified atom stereocenters. The fraction of sp³-hybridized carbons (Fsp3) is 0. The molecule has 6 heteroatoms. The molecule has 0 aliphatic carbocycles. The number of nitrogens with zero attached hydrogens (tertiary/aromatic N) is 4. The second-order valence-corrected chi connectivity index (χ2v) is 11.2. The van der Waals surface area contributed by atoms with Gasteiger partial charge in [-0.05, 0) is 53.4 Å². The summed E-state index contributed by atoms with van der Waals surface area (Å²) < 4.78 is 200. The van der Waals surface area contributed by atoms with Crippen LogP contribution in [0.5, 0.6) is 0 Å². The number of para-hydroxylation sites is 2. The molecule has 0 fully saturated rings. The molecule has 4 heterocycles. The molecule has 6 nitrogen and oxygen atoms in total. The number of hydrogen-bond donors (Lipinski definition) is 0. The zero-order valence-corrected chi connectivity index (χ0v) is 25.5. The second-order valence-electron chi connectivity index (χ2n) is 11.2. The zero-order valence-electron chi connectivity index (χ0n) is 46.5. The molecule has 0 bridgehead atoms. The van der Waals surface area contributed by atoms with Gasteiger partial charge in [0.25, 0.3) is 0 Å². The van der Waals surface area contributed by atoms with Crippen molar-refractivity contribution in [1.29, 1.82) is 0 Å². The van der Waals surface area contributed by atoms with Crippen LogP contribution in [0.25, 0.3) is 106 Å². The van der Waals surface area contributed by atoms with Gasteiger partial charge in [-0.1, -0.05) is 115 Å². The standard InChI is InChI=1S/C45H26N4O2/c1-3-12-27(13-4-1)30-18-11-21-38-40(30)34-23-22-29(26-39(34)50-38)44-46-43(28-14-5-2-6-15-28)47-45(48-44)49-35-19-9-7-17-33(35)41-36(49)25-24-32-31-16-8-10-20-37(31)51-42(32)41/h1-26H/i2D,5D,6D,7D,8D,9D,10D,11D,14D,15D,16D,17D,18D,19D,20D,21D,22D,23D,24D,25D,26D. The summed E-state index contributed by atoms with van der Waals surface area (Å²) in [5.74, 6) is -2.19. The van der Waals surface area contributed by atoms with Gasteiger partial charge < -0.3 is 8.83 Å². The van der Waals surface area contributed by atoms with Crippen LogP contribution in [-0.4, -0.2) is 19.5 Å². The number of rotatable bonds is 4. The van der Waals surface area contributed by atoms with E-state index in [1.54, 1.807) is 30.3 Å². The van der Waals surface area contributed by atoms with Crippen LogP contribution in [0.4, 0.5) is 0 Å². The van der Waals surface area contributed by atoms with Gasteiger partial charge in [0, 0.05) is 38.1 Å². The topological polar surface area (TPSA) is 69.9 Å². The van der Waals surface area contributed by atoms with Crippen LogP contribution in [0.1, 0.15) is 28.8 Å². The minimum atomic E-state index is -0.841. The van der Waals surface area contributed by atoms with E-state index in [1.807, 2.05) is 0 Å². The molecule has 238 valence electrons. The summed E-state index contributed by atoms with van der Waals surface area (Å²) in [6.45, 7) is 0. The Morgan fingerprint density at radius 2 is 1.22 bits per heavy atom. The van der Waals surface area contributed by atoms with Crippen molar-refractivity contribution in [1.82, 2.24) is 19.5 Å². The van der Waals surface area contributed by atoms with Crippen molar-refractivity contribution in [2.45, 2.75) is 0 Å². The SMILES string of the molecule is [2H]c1c([2H])c([2H])c(-c2nc(-c3c([2H])c([2H])c4c(oc5c([2H])c([2H])c([2H])c(-c6ccccc6)c54)c3[2H])nc(-n3c4c([2H])c([2H])c([2H])c([2H])c4c4c5oc6c([2H])c([2H])c([2H])c([2H])c6c5c([2H])c([2H])c43)n2)c([2H])c1[2H]. The monoisotopic (exact) mass is 675 g/mol. The summed E-state index contributed by atoms with van der Waals surface area (Å²) in [7, 11) is 0. The van der Waals surface area contributed by atoms with Crippen LogP contribution < -0.4 is 0 Å². The van der Waals surface area contributed by atoms with Crippen molar-refractivity contribution in [2.24, 2.45) is 0 Å². The predicted molar refractivity (Wildman–Crippen MR) is 205 cm³/mol. The molecule has 11 rings (SSSR count). The molecule has 11 aromatic rings. The third-order valence-corrected chi connectivity index (χ3v) is 8.38. The summed E-state index contributed by atoms with van der Waals surface area (Å²) in [4.78, 5) is 13.5. The highest BCUT2D eigenvalue weighted by molar-refractivity contribution is 6.23. The predicted octanol–water partition coefficient (Wildman–Crippen LogP) is 11.8. The number of aromatic nitrogens is 4. The van der Waals surface area contributed by atoms with E-state index in [4.69, 9.17) is 28.0 Å². The molecule has 0 aliphatic heterocycles. The first kappa shape index (κ1) is 14.4. The van der Waals surface area contributed by atoms with Crippen LogP contribution >= 0.6 is 0 Å². The van der Waals surface area contributed by atoms with Crippen LogP contribution in [0.3, 0.4) is 0 Å². The van der Waals surface area contributed by atoms with Crippen LogP contribution in [0, 0.1) is 0 Å². The Morgan fingerprint density at radius 1 is 0.471 bits per heavy atom. The number of benzene rings is 7. The van der Waals surface area contributed by atoms with Crippen molar-refractivity contribution < 1.29 is 37.6 Å². The molecule has 0 aliphatic rings. The van der Waals surface area contributed by atoms with E-state index in [9.17, 15) is 9.60 Å². The summed E-state index contributed by atoms with van der Waals surface area (Å²) in [5, 5.41) is -1.50. The molecule has 51 heavy (non-hydrogen) atoms. The lowest BCUT2D eigenvalue weighted by Gasteiger charge is -2.11. The van der Waals surface area contributed by atoms with Gasteiger partial charge in [0.15, 0.2) is 11.6 Å². The van der Waals surface area contributed by atoms with E-state index in [0.29, 0.717) is 5.56 Å². The van der Waals surface area contributed by atoms with Crippen LogP contribution in [-0.2, 0) is 0 Å². The summed E-state index contributed by atoms with van der Waals surface area (Å²) >= 11 is 0. The molecule has 0 atom stereocenters. The molecule has 7 aromatic carbocycles. The van der Waals surface area contributed by atoms with Crippen molar-refractivity contribution in [3.05, 3.63) is 157 Å². The van der Waals surface area contributed by atoms with Crippen LogP contribution in [0.15, 0.2) is 166 Å². The van der Waals surface area contributed by atoms with Gasteiger partial charge in [0.05, 0.1) is 45.2 Å². The first-order chi connectivity index (χ1) is 34.0. The van der Waals surface area contributed by atoms with E-state index in [2.05, 4.69) is 15.0 Å². The lowest BCUT2D eigenvalue weighted by Crippen LogP contribution is -2.06. The van der Waals surface area contributed by atoms with Gasteiger partial charge in [-0.3, -0.25) is 4.57 Å². The summed E-state index contributed by atoms with van der Waals surface area (Å²) in [6.07, 6.45) is 0. The van der Waals surface area contributed by atoms with Crippen molar-refractivity contribution in [3.63, 3.8) is 0 Å². The van der Waals surface area contributed by atoms with E-state index in [1.165, 1.54) is 0 Å². The molecular formula is C45H26N4O2. The Morgan fingerprint density at radius 3 is 2.10 bits per heavy atom. The largest absolute Gasteiger partial charge is 0.456 e. The molecule has 0 amide bonds. The van der Waals surface area contributed by atoms with Crippen LogP contribution in [0.2, 0.25) is 0 Å². The third-order valence-electron chi connectivity index (χ3n) is 8.38. The average Bonchev–Trinajstić information content (AvgIpc) is 4.08. The summed E-state index contributed by atoms with van der Waals surface area (Å²) in [6, 6.07) is -6.70. The normalized spacial score (nSPS) is 17.7. The molecule has 0 radical (unpaired) electrons. The lowest BCUT2D eigenvalue weighted by atomic mass is 9.99. The molecular weight excluding hydrogens is 629 g/mol. The Labute approximate surface area is 320 Å². The maximum absolute atomic E-state index is 9.60. The van der Waals surface area contributed by atoms with E-state index in [0.717, 1.165) is 4.57 Å². The fourth-order valence-electron chi connectivity index (χ4n) is 6.20. The van der Waals surface area contributed by atoms with E-state index >= 15 is 0 Å². The maximum atomic E-state index is 9.60. The van der Waals surface area contributed by atoms with E-state index < -0.39 is 183 Å². The molecule has 0 saturated heterocycles. The first-order valence-corrected chi connectivity index (χ1v) is 15.2. The number of fused-ring (bicyclic) bond motifs is 10. The van der Waals surface area contributed by atoms with Gasteiger partial charge in [0.2, 0.25) is 5.95 Å². The minimum Gasteiger partial charge on any atom is -0.456 e. The third kappa shape index (κ3) is 4.20. The maximum Gasteiger partial charge on any atom is 0.238 e. The van der Waals surface area contributed by atoms with Gasteiger partial charge >= 0.3 is 0 Å². The van der Waals surface area contributed by atoms with Gasteiger partial charge in [-0.2, -0.15) is 9.97 Å². The molecule has 0 N–H and O–H groups in total. The van der Waals surface area contributed by atoms with Crippen molar-refractivity contribution in [2.75, 3.05) is 0 Å². The smallest absolute Gasteiger partial charge is 0.238 e. The van der Waals surface area contributed by atoms with Gasteiger partial charge in [-0.15, -0.1) is 0 Å². The van der Waals surface area contributed by atoms with Gasteiger partial charge in [-0.25, -0.2) is 4.98 Å². The Balaban J connectivity index is 1.34. The Kier molecular flexibility index (Phi) is 3.03. The highest BCUT2D eigenvalue weighted by atomic mass is 16.3. The molecule has 0 spiro atoms. The Hall–Kier alpha value is -7.05. The number of hydrogen-bond acceptors (Lipinski definition) is 5. The van der Waals surface area contributed by atoms with Gasteiger partial charge in [0.1, 0.15) is 22.3 Å². The quantitative estimate of drug-likeness (QED) is 0.186. The summed E-state index contributed by atoms with van der Waals surface area (Å²) in [5.41, 5.74) is -3.30.